The molecule has 0 N–H and O–H groups in total. The van der Waals surface area contributed by atoms with Gasteiger partial charge < -0.3 is 9.47 Å². The highest BCUT2D eigenvalue weighted by Gasteiger charge is 2.24. The SMILES string of the molecule is CCOC(=O)C(C/C(C)=C/COC(C)=O)C(C)=O. The van der Waals surface area contributed by atoms with Crippen molar-refractivity contribution in [3.05, 3.63) is 11.6 Å². The van der Waals surface area contributed by atoms with E-state index in [-0.39, 0.29) is 31.4 Å². The number of carbonyl (C=O) groups is 3. The lowest BCUT2D eigenvalue weighted by Crippen LogP contribution is -2.24. The molecular weight excluding hydrogens is 236 g/mol. The van der Waals surface area contributed by atoms with Gasteiger partial charge in [-0.15, -0.1) is 0 Å². The van der Waals surface area contributed by atoms with Gasteiger partial charge in [-0.3, -0.25) is 14.4 Å². The second-order valence-corrected chi connectivity index (χ2v) is 3.97. The summed E-state index contributed by atoms with van der Waals surface area (Å²) in [6, 6.07) is 0. The molecular formula is C13H20O5. The van der Waals surface area contributed by atoms with E-state index in [1.807, 2.05) is 0 Å². The maximum atomic E-state index is 11.5. The zero-order valence-corrected chi connectivity index (χ0v) is 11.3. The Labute approximate surface area is 107 Å². The summed E-state index contributed by atoms with van der Waals surface area (Å²) < 4.78 is 9.58. The van der Waals surface area contributed by atoms with Crippen LogP contribution in [0.4, 0.5) is 0 Å². The molecule has 5 heteroatoms. The number of ketones is 1. The van der Waals surface area contributed by atoms with Crippen molar-refractivity contribution in [2.24, 2.45) is 5.92 Å². The summed E-state index contributed by atoms with van der Waals surface area (Å²) in [7, 11) is 0. The van der Waals surface area contributed by atoms with E-state index in [9.17, 15) is 14.4 Å². The normalized spacial score (nSPS) is 12.8. The van der Waals surface area contributed by atoms with Crippen LogP contribution in [-0.2, 0) is 23.9 Å². The molecule has 0 radical (unpaired) electrons. The van der Waals surface area contributed by atoms with Gasteiger partial charge in [-0.2, -0.15) is 0 Å². The van der Waals surface area contributed by atoms with Crippen LogP contribution in [0.25, 0.3) is 0 Å². The monoisotopic (exact) mass is 256 g/mol. The Bertz CT molecular complexity index is 343. The third kappa shape index (κ3) is 6.83. The van der Waals surface area contributed by atoms with Crippen LogP contribution in [-0.4, -0.2) is 30.9 Å². The fourth-order valence-corrected chi connectivity index (χ4v) is 1.34. The Hall–Kier alpha value is -1.65. The molecule has 0 saturated carbocycles. The van der Waals surface area contributed by atoms with Gasteiger partial charge in [0.1, 0.15) is 18.3 Å². The molecule has 0 aromatic carbocycles. The Morgan fingerprint density at radius 2 is 1.72 bits per heavy atom. The summed E-state index contributed by atoms with van der Waals surface area (Å²) in [5.41, 5.74) is 0.810. The van der Waals surface area contributed by atoms with Gasteiger partial charge in [0.05, 0.1) is 6.61 Å². The van der Waals surface area contributed by atoms with Crippen molar-refractivity contribution in [2.75, 3.05) is 13.2 Å². The maximum Gasteiger partial charge on any atom is 0.316 e. The molecule has 0 bridgehead atoms. The molecule has 0 fully saturated rings. The smallest absolute Gasteiger partial charge is 0.316 e. The van der Waals surface area contributed by atoms with Gasteiger partial charge in [-0.1, -0.05) is 5.57 Å². The molecule has 1 unspecified atom stereocenters. The molecule has 1 atom stereocenters. The number of Topliss-reactive ketones (excluding diaryl/α,β-unsaturated/α-hetero) is 1. The van der Waals surface area contributed by atoms with Crippen LogP contribution in [0.2, 0.25) is 0 Å². The average Bonchev–Trinajstić information content (AvgIpc) is 2.25. The fraction of sp³-hybridized carbons (Fsp3) is 0.615. The summed E-state index contributed by atoms with van der Waals surface area (Å²) in [6.07, 6.45) is 1.96. The van der Waals surface area contributed by atoms with Crippen LogP contribution >= 0.6 is 0 Å². The first-order chi connectivity index (χ1) is 8.38. The van der Waals surface area contributed by atoms with Crippen molar-refractivity contribution in [2.45, 2.75) is 34.1 Å². The molecule has 0 aromatic heterocycles. The molecule has 0 aliphatic heterocycles. The summed E-state index contributed by atoms with van der Waals surface area (Å²) in [6.45, 7) is 6.55. The van der Waals surface area contributed by atoms with Crippen molar-refractivity contribution in [1.29, 1.82) is 0 Å². The summed E-state index contributed by atoms with van der Waals surface area (Å²) in [5.74, 6) is -1.88. The van der Waals surface area contributed by atoms with Gasteiger partial charge in [-0.25, -0.2) is 0 Å². The molecule has 18 heavy (non-hydrogen) atoms. The first kappa shape index (κ1) is 16.4. The molecule has 102 valence electrons. The molecule has 0 saturated heterocycles. The van der Waals surface area contributed by atoms with E-state index in [0.717, 1.165) is 5.57 Å². The topological polar surface area (TPSA) is 69.7 Å². The van der Waals surface area contributed by atoms with Crippen molar-refractivity contribution < 1.29 is 23.9 Å². The average molecular weight is 256 g/mol. The molecule has 0 aromatic rings. The largest absolute Gasteiger partial charge is 0.465 e. The van der Waals surface area contributed by atoms with Crippen LogP contribution in [0.1, 0.15) is 34.1 Å². The quantitative estimate of drug-likeness (QED) is 0.393. The van der Waals surface area contributed by atoms with Crippen LogP contribution in [0, 0.1) is 5.92 Å². The third-order valence-corrected chi connectivity index (χ3v) is 2.31. The summed E-state index contributed by atoms with van der Waals surface area (Å²) in [5, 5.41) is 0. The number of ether oxygens (including phenoxy) is 2. The first-order valence-corrected chi connectivity index (χ1v) is 5.84. The maximum absolute atomic E-state index is 11.5. The molecule has 0 spiro atoms. The zero-order valence-electron chi connectivity index (χ0n) is 11.3. The van der Waals surface area contributed by atoms with E-state index < -0.39 is 11.9 Å². The molecule has 0 rings (SSSR count). The standard InChI is InChI=1S/C13H20O5/c1-5-17-13(16)12(10(3)14)8-9(2)6-7-18-11(4)15/h6,12H,5,7-8H2,1-4H3/b9-6+. The lowest BCUT2D eigenvalue weighted by Gasteiger charge is -2.12. The minimum atomic E-state index is -0.779. The third-order valence-electron chi connectivity index (χ3n) is 2.31. The number of carbonyl (C=O) groups excluding carboxylic acids is 3. The number of hydrogen-bond acceptors (Lipinski definition) is 5. The summed E-state index contributed by atoms with van der Waals surface area (Å²) in [4.78, 5) is 33.5. The zero-order chi connectivity index (χ0) is 14.1. The van der Waals surface area contributed by atoms with Crippen molar-refractivity contribution in [3.8, 4) is 0 Å². The molecule has 0 aliphatic rings. The van der Waals surface area contributed by atoms with E-state index in [2.05, 4.69) is 0 Å². The Morgan fingerprint density at radius 3 is 2.17 bits per heavy atom. The van der Waals surface area contributed by atoms with Crippen molar-refractivity contribution >= 4 is 17.7 Å². The van der Waals surface area contributed by atoms with E-state index in [0.29, 0.717) is 0 Å². The van der Waals surface area contributed by atoms with Gasteiger partial charge in [0.15, 0.2) is 0 Å². The highest BCUT2D eigenvalue weighted by molar-refractivity contribution is 5.97. The first-order valence-electron chi connectivity index (χ1n) is 5.84. The van der Waals surface area contributed by atoms with Crippen LogP contribution in [0.15, 0.2) is 11.6 Å². The molecule has 0 amide bonds. The predicted molar refractivity (Wildman–Crippen MR) is 65.8 cm³/mol. The second kappa shape index (κ2) is 8.44. The Morgan fingerprint density at radius 1 is 1.11 bits per heavy atom. The molecule has 5 nitrogen and oxygen atoms in total. The Kier molecular flexibility index (Phi) is 7.67. The number of hydrogen-bond donors (Lipinski definition) is 0. The van der Waals surface area contributed by atoms with E-state index >= 15 is 0 Å². The van der Waals surface area contributed by atoms with E-state index in [4.69, 9.17) is 9.47 Å². The summed E-state index contributed by atoms with van der Waals surface area (Å²) >= 11 is 0. The van der Waals surface area contributed by atoms with Crippen molar-refractivity contribution in [3.63, 3.8) is 0 Å². The minimum Gasteiger partial charge on any atom is -0.465 e. The molecule has 0 heterocycles. The second-order valence-electron chi connectivity index (χ2n) is 3.97. The predicted octanol–water partition coefficient (Wildman–Crippen LogP) is 1.65. The van der Waals surface area contributed by atoms with Gasteiger partial charge in [0, 0.05) is 6.92 Å². The molecule has 0 aliphatic carbocycles. The highest BCUT2D eigenvalue weighted by Crippen LogP contribution is 2.14. The lowest BCUT2D eigenvalue weighted by molar-refractivity contribution is -0.151. The van der Waals surface area contributed by atoms with Gasteiger partial charge in [0.25, 0.3) is 0 Å². The number of allylic oxidation sites excluding steroid dienone is 1. The van der Waals surface area contributed by atoms with E-state index in [1.165, 1.54) is 13.8 Å². The number of esters is 2. The van der Waals surface area contributed by atoms with Crippen LogP contribution < -0.4 is 0 Å². The fourth-order valence-electron chi connectivity index (χ4n) is 1.34. The van der Waals surface area contributed by atoms with Gasteiger partial charge in [0.2, 0.25) is 0 Å². The highest BCUT2D eigenvalue weighted by atomic mass is 16.5. The Balaban J connectivity index is 4.44. The van der Waals surface area contributed by atoms with Crippen molar-refractivity contribution in [1.82, 2.24) is 0 Å². The minimum absolute atomic E-state index is 0.147. The lowest BCUT2D eigenvalue weighted by atomic mass is 9.96. The van der Waals surface area contributed by atoms with Crippen LogP contribution in [0.3, 0.4) is 0 Å². The van der Waals surface area contributed by atoms with E-state index in [1.54, 1.807) is 19.9 Å². The van der Waals surface area contributed by atoms with Crippen LogP contribution in [0.5, 0.6) is 0 Å². The number of rotatable bonds is 7. The van der Waals surface area contributed by atoms with Gasteiger partial charge >= 0.3 is 11.9 Å². The van der Waals surface area contributed by atoms with Gasteiger partial charge in [-0.05, 0) is 33.3 Å².